The molecule has 0 aromatic heterocycles. The highest BCUT2D eigenvalue weighted by Crippen LogP contribution is 2.11. The molecule has 3 nitrogen and oxygen atoms in total. The van der Waals surface area contributed by atoms with E-state index in [0.29, 0.717) is 12.3 Å². The molecule has 0 fully saturated rings. The normalized spacial score (nSPS) is 9.88. The van der Waals surface area contributed by atoms with Gasteiger partial charge >= 0.3 is 5.97 Å². The zero-order valence-corrected chi connectivity index (χ0v) is 9.33. The third-order valence-corrected chi connectivity index (χ3v) is 2.06. The van der Waals surface area contributed by atoms with Crippen LogP contribution in [-0.2, 0) is 9.53 Å². The van der Waals surface area contributed by atoms with Gasteiger partial charge in [-0.1, -0.05) is 25.5 Å². The minimum atomic E-state index is -0.371. The fraction of sp³-hybridized carbons (Fsp3) is 0.417. The maximum Gasteiger partial charge on any atom is 0.325 e. The van der Waals surface area contributed by atoms with E-state index in [1.807, 2.05) is 6.92 Å². The predicted molar refractivity (Wildman–Crippen MR) is 60.8 cm³/mol. The third-order valence-electron chi connectivity index (χ3n) is 2.06. The highest BCUT2D eigenvalue weighted by Gasteiger charge is 2.04. The number of rotatable bonds is 6. The number of hydrogen-bond acceptors (Lipinski definition) is 3. The van der Waals surface area contributed by atoms with E-state index in [9.17, 15) is 9.18 Å². The molecule has 0 atom stereocenters. The first kappa shape index (κ1) is 12.5. The molecule has 1 aromatic rings. The maximum absolute atomic E-state index is 13.1. The van der Waals surface area contributed by atoms with Crippen LogP contribution in [0, 0.1) is 5.82 Å². The average molecular weight is 225 g/mol. The van der Waals surface area contributed by atoms with E-state index in [4.69, 9.17) is 4.74 Å². The molecule has 4 heteroatoms. The van der Waals surface area contributed by atoms with Crippen molar-refractivity contribution in [2.24, 2.45) is 0 Å². The summed E-state index contributed by atoms with van der Waals surface area (Å²) in [4.78, 5) is 11.2. The molecule has 1 rings (SSSR count). The fourth-order valence-electron chi connectivity index (χ4n) is 1.15. The lowest BCUT2D eigenvalue weighted by Gasteiger charge is -2.07. The Bertz CT molecular complexity index is 342. The van der Waals surface area contributed by atoms with Crippen LogP contribution in [0.3, 0.4) is 0 Å². The Kier molecular flexibility index (Phi) is 5.32. The lowest BCUT2D eigenvalue weighted by molar-refractivity contribution is -0.141. The van der Waals surface area contributed by atoms with Crippen LogP contribution in [0.5, 0.6) is 0 Å². The van der Waals surface area contributed by atoms with Crippen LogP contribution in [-0.4, -0.2) is 19.1 Å². The predicted octanol–water partition coefficient (Wildman–Crippen LogP) is 2.58. The number of hydrogen-bond donors (Lipinski definition) is 1. The van der Waals surface area contributed by atoms with Crippen molar-refractivity contribution in [1.29, 1.82) is 0 Å². The number of nitrogens with one attached hydrogen (secondary N) is 1. The molecular weight excluding hydrogens is 209 g/mol. The molecule has 0 aliphatic carbocycles. The number of para-hydroxylation sites is 1. The molecule has 0 radical (unpaired) electrons. The van der Waals surface area contributed by atoms with Crippen molar-refractivity contribution >= 4 is 11.7 Å². The van der Waals surface area contributed by atoms with Crippen LogP contribution in [0.25, 0.3) is 0 Å². The Labute approximate surface area is 94.6 Å². The third kappa shape index (κ3) is 4.29. The van der Waals surface area contributed by atoms with E-state index < -0.39 is 0 Å². The molecule has 0 spiro atoms. The van der Waals surface area contributed by atoms with E-state index in [2.05, 4.69) is 5.32 Å². The summed E-state index contributed by atoms with van der Waals surface area (Å²) in [6, 6.07) is 6.22. The molecule has 88 valence electrons. The minimum absolute atomic E-state index is 0.00928. The minimum Gasteiger partial charge on any atom is -0.464 e. The summed E-state index contributed by atoms with van der Waals surface area (Å²) in [5.74, 6) is -0.736. The molecule has 0 unspecified atom stereocenters. The van der Waals surface area contributed by atoms with Crippen molar-refractivity contribution in [3.8, 4) is 0 Å². The summed E-state index contributed by atoms with van der Waals surface area (Å²) < 4.78 is 18.1. The van der Waals surface area contributed by atoms with Crippen LogP contribution in [0.4, 0.5) is 10.1 Å². The Morgan fingerprint density at radius 1 is 1.44 bits per heavy atom. The second kappa shape index (κ2) is 6.82. The first-order valence-corrected chi connectivity index (χ1v) is 5.38. The Morgan fingerprint density at radius 3 is 2.88 bits per heavy atom. The van der Waals surface area contributed by atoms with Crippen molar-refractivity contribution in [3.63, 3.8) is 0 Å². The Hall–Kier alpha value is -1.58. The highest BCUT2D eigenvalue weighted by atomic mass is 19.1. The molecule has 1 N–H and O–H groups in total. The van der Waals surface area contributed by atoms with Crippen molar-refractivity contribution < 1.29 is 13.9 Å². The van der Waals surface area contributed by atoms with Crippen LogP contribution < -0.4 is 5.32 Å². The molecule has 0 bridgehead atoms. The summed E-state index contributed by atoms with van der Waals surface area (Å²) in [7, 11) is 0. The Balaban J connectivity index is 2.29. The highest BCUT2D eigenvalue weighted by molar-refractivity contribution is 5.74. The van der Waals surface area contributed by atoms with Gasteiger partial charge in [-0.15, -0.1) is 0 Å². The number of unbranched alkanes of at least 4 members (excludes halogenated alkanes) is 1. The summed E-state index contributed by atoms with van der Waals surface area (Å²) in [6.45, 7) is 2.43. The molecular formula is C12H16FNO2. The topological polar surface area (TPSA) is 38.3 Å². The van der Waals surface area contributed by atoms with E-state index >= 15 is 0 Å². The van der Waals surface area contributed by atoms with Gasteiger partial charge in [-0.2, -0.15) is 0 Å². The SMILES string of the molecule is CCCCOC(=O)CNc1ccccc1F. The molecule has 0 saturated heterocycles. The van der Waals surface area contributed by atoms with E-state index in [1.54, 1.807) is 18.2 Å². The van der Waals surface area contributed by atoms with Crippen molar-refractivity contribution in [1.82, 2.24) is 0 Å². The van der Waals surface area contributed by atoms with Gasteiger partial charge in [0.1, 0.15) is 12.4 Å². The summed E-state index contributed by atoms with van der Waals surface area (Å²) in [5, 5.41) is 2.69. The van der Waals surface area contributed by atoms with Gasteiger partial charge in [0.25, 0.3) is 0 Å². The largest absolute Gasteiger partial charge is 0.464 e. The monoisotopic (exact) mass is 225 g/mol. The van der Waals surface area contributed by atoms with Crippen LogP contribution >= 0.6 is 0 Å². The smallest absolute Gasteiger partial charge is 0.325 e. The molecule has 1 aromatic carbocycles. The van der Waals surface area contributed by atoms with Gasteiger partial charge in [-0.3, -0.25) is 4.79 Å². The molecule has 16 heavy (non-hydrogen) atoms. The van der Waals surface area contributed by atoms with Crippen LogP contribution in [0.15, 0.2) is 24.3 Å². The quantitative estimate of drug-likeness (QED) is 0.597. The van der Waals surface area contributed by atoms with Crippen molar-refractivity contribution in [3.05, 3.63) is 30.1 Å². The molecule has 0 amide bonds. The van der Waals surface area contributed by atoms with E-state index in [-0.39, 0.29) is 18.3 Å². The molecule has 0 heterocycles. The number of carbonyl (C=O) groups is 1. The lowest BCUT2D eigenvalue weighted by atomic mass is 10.3. The van der Waals surface area contributed by atoms with Gasteiger partial charge in [0.05, 0.1) is 12.3 Å². The molecule has 0 aliphatic rings. The summed E-state index contributed by atoms with van der Waals surface area (Å²) >= 11 is 0. The van der Waals surface area contributed by atoms with E-state index in [1.165, 1.54) is 6.07 Å². The Morgan fingerprint density at radius 2 is 2.19 bits per heavy atom. The van der Waals surface area contributed by atoms with Crippen LogP contribution in [0.2, 0.25) is 0 Å². The standard InChI is InChI=1S/C12H16FNO2/c1-2-3-8-16-12(15)9-14-11-7-5-4-6-10(11)13/h4-7,14H,2-3,8-9H2,1H3. The zero-order valence-electron chi connectivity index (χ0n) is 9.33. The first-order chi connectivity index (χ1) is 7.74. The molecule has 0 aliphatic heterocycles. The zero-order chi connectivity index (χ0) is 11.8. The second-order valence-electron chi connectivity index (χ2n) is 3.41. The van der Waals surface area contributed by atoms with Crippen molar-refractivity contribution in [2.75, 3.05) is 18.5 Å². The van der Waals surface area contributed by atoms with Gasteiger partial charge in [-0.25, -0.2) is 4.39 Å². The molecule has 0 saturated carbocycles. The lowest BCUT2D eigenvalue weighted by Crippen LogP contribution is -2.17. The van der Waals surface area contributed by atoms with Gasteiger partial charge in [0.2, 0.25) is 0 Å². The number of carbonyl (C=O) groups excluding carboxylic acids is 1. The first-order valence-electron chi connectivity index (χ1n) is 5.38. The number of anilines is 1. The number of benzene rings is 1. The van der Waals surface area contributed by atoms with E-state index in [0.717, 1.165) is 12.8 Å². The van der Waals surface area contributed by atoms with Gasteiger partial charge in [0, 0.05) is 0 Å². The van der Waals surface area contributed by atoms with Gasteiger partial charge in [0.15, 0.2) is 0 Å². The second-order valence-corrected chi connectivity index (χ2v) is 3.41. The number of halogens is 1. The number of esters is 1. The number of ether oxygens (including phenoxy) is 1. The van der Waals surface area contributed by atoms with Crippen molar-refractivity contribution in [2.45, 2.75) is 19.8 Å². The average Bonchev–Trinajstić information content (AvgIpc) is 2.28. The summed E-state index contributed by atoms with van der Waals surface area (Å²) in [5.41, 5.74) is 0.315. The van der Waals surface area contributed by atoms with Crippen LogP contribution in [0.1, 0.15) is 19.8 Å². The fourth-order valence-corrected chi connectivity index (χ4v) is 1.15. The summed E-state index contributed by atoms with van der Waals surface area (Å²) in [6.07, 6.45) is 1.83. The maximum atomic E-state index is 13.1. The van der Waals surface area contributed by atoms with Gasteiger partial charge < -0.3 is 10.1 Å². The van der Waals surface area contributed by atoms with Gasteiger partial charge in [-0.05, 0) is 18.6 Å².